The van der Waals surface area contributed by atoms with Crippen LogP contribution in [-0.4, -0.2) is 33.8 Å². The lowest BCUT2D eigenvalue weighted by Gasteiger charge is -2.13. The summed E-state index contributed by atoms with van der Waals surface area (Å²) in [6, 6.07) is 3.20. The lowest BCUT2D eigenvalue weighted by molar-refractivity contribution is -0.136. The minimum Gasteiger partial charge on any atom is -0.507 e. The molecule has 6 heteroatoms. The smallest absolute Gasteiger partial charge is 0.304 e. The van der Waals surface area contributed by atoms with Crippen molar-refractivity contribution in [2.45, 2.75) is 44.8 Å². The third-order valence-corrected chi connectivity index (χ3v) is 3.66. The third kappa shape index (κ3) is 6.17. The molecule has 0 saturated carbocycles. The molecule has 0 saturated heterocycles. The number of carbonyl (C=O) groups is 2. The van der Waals surface area contributed by atoms with Crippen molar-refractivity contribution in [1.82, 2.24) is 0 Å². The molecule has 0 bridgehead atoms. The molecule has 0 aliphatic rings. The summed E-state index contributed by atoms with van der Waals surface area (Å²) in [6.45, 7) is 3.49. The summed E-state index contributed by atoms with van der Waals surface area (Å²) in [5.74, 6) is 4.99. The number of hydrogen-bond donors (Lipinski definition) is 3. The van der Waals surface area contributed by atoms with Crippen molar-refractivity contribution in [2.24, 2.45) is 0 Å². The van der Waals surface area contributed by atoms with E-state index in [1.165, 1.54) is 13.0 Å². The number of aliphatic carboxylic acids is 1. The molecular formula is C18H22O5S. The molecule has 0 aliphatic carbocycles. The van der Waals surface area contributed by atoms with Crippen LogP contribution in [0.25, 0.3) is 0 Å². The monoisotopic (exact) mass is 350 g/mol. The Balaban J connectivity index is 2.73. The molecule has 0 amide bonds. The number of rotatable bonds is 8. The SMILES string of the molecule is CCCc1c(OCC#CCC(S)CC(=O)O)ccc(C(C)=O)c1O. The fourth-order valence-electron chi connectivity index (χ4n) is 2.16. The predicted octanol–water partition coefficient (Wildman–Crippen LogP) is 3.09. The summed E-state index contributed by atoms with van der Waals surface area (Å²) in [6.07, 6.45) is 1.70. The number of phenols is 1. The lowest BCUT2D eigenvalue weighted by atomic mass is 10.0. The zero-order valence-corrected chi connectivity index (χ0v) is 14.7. The van der Waals surface area contributed by atoms with Crippen LogP contribution in [0.15, 0.2) is 12.1 Å². The summed E-state index contributed by atoms with van der Waals surface area (Å²) in [7, 11) is 0. The largest absolute Gasteiger partial charge is 0.507 e. The van der Waals surface area contributed by atoms with Gasteiger partial charge in [-0.3, -0.25) is 9.59 Å². The minimum absolute atomic E-state index is 0.0355. The van der Waals surface area contributed by atoms with Gasteiger partial charge in [0.25, 0.3) is 0 Å². The molecule has 0 aliphatic heterocycles. The van der Waals surface area contributed by atoms with Crippen LogP contribution < -0.4 is 4.74 Å². The van der Waals surface area contributed by atoms with Crippen LogP contribution in [0.4, 0.5) is 0 Å². The first kappa shape index (κ1) is 19.9. The van der Waals surface area contributed by atoms with E-state index in [-0.39, 0.29) is 35.4 Å². The topological polar surface area (TPSA) is 83.8 Å². The van der Waals surface area contributed by atoms with Gasteiger partial charge in [0, 0.05) is 17.2 Å². The highest BCUT2D eigenvalue weighted by Crippen LogP contribution is 2.32. The average molecular weight is 350 g/mol. The van der Waals surface area contributed by atoms with Gasteiger partial charge >= 0.3 is 5.97 Å². The molecule has 130 valence electrons. The normalized spacial score (nSPS) is 11.3. The third-order valence-electron chi connectivity index (χ3n) is 3.29. The fraction of sp³-hybridized carbons (Fsp3) is 0.444. The summed E-state index contributed by atoms with van der Waals surface area (Å²) in [5.41, 5.74) is 0.883. The number of thiol groups is 1. The minimum atomic E-state index is -0.904. The molecule has 0 aromatic heterocycles. The Morgan fingerprint density at radius 3 is 2.62 bits per heavy atom. The number of carboxylic acids is 1. The summed E-state index contributed by atoms with van der Waals surface area (Å²) in [4.78, 5) is 22.0. The molecule has 0 fully saturated rings. The van der Waals surface area contributed by atoms with Crippen LogP contribution in [0.3, 0.4) is 0 Å². The molecule has 2 N–H and O–H groups in total. The molecule has 1 atom stereocenters. The maximum atomic E-state index is 11.5. The van der Waals surface area contributed by atoms with Gasteiger partial charge in [-0.15, -0.1) is 0 Å². The van der Waals surface area contributed by atoms with Gasteiger partial charge in [0.15, 0.2) is 5.78 Å². The Hall–Kier alpha value is -2.13. The Kier molecular flexibility index (Phi) is 8.20. The summed E-state index contributed by atoms with van der Waals surface area (Å²) < 4.78 is 5.58. The van der Waals surface area contributed by atoms with E-state index in [0.717, 1.165) is 6.42 Å². The first-order valence-corrected chi connectivity index (χ1v) is 8.22. The zero-order valence-electron chi connectivity index (χ0n) is 13.8. The van der Waals surface area contributed by atoms with Crippen molar-refractivity contribution in [1.29, 1.82) is 0 Å². The number of benzene rings is 1. The molecule has 0 radical (unpaired) electrons. The van der Waals surface area contributed by atoms with Crippen molar-refractivity contribution in [2.75, 3.05) is 6.61 Å². The van der Waals surface area contributed by atoms with Gasteiger partial charge in [0.1, 0.15) is 18.1 Å². The van der Waals surface area contributed by atoms with Gasteiger partial charge in [-0.1, -0.05) is 25.2 Å². The van der Waals surface area contributed by atoms with Crippen LogP contribution in [-0.2, 0) is 11.2 Å². The van der Waals surface area contributed by atoms with E-state index in [4.69, 9.17) is 9.84 Å². The Morgan fingerprint density at radius 2 is 2.04 bits per heavy atom. The maximum absolute atomic E-state index is 11.5. The van der Waals surface area contributed by atoms with Crippen LogP contribution >= 0.6 is 12.6 Å². The number of phenolic OH excluding ortho intramolecular Hbond substituents is 1. The number of aromatic hydroxyl groups is 1. The first-order chi connectivity index (χ1) is 11.4. The van der Waals surface area contributed by atoms with Crippen molar-refractivity contribution in [3.63, 3.8) is 0 Å². The number of carboxylic acid groups (broad SMARTS) is 1. The molecule has 1 aromatic rings. The van der Waals surface area contributed by atoms with E-state index < -0.39 is 5.97 Å². The Labute approximate surface area is 147 Å². The zero-order chi connectivity index (χ0) is 18.1. The molecule has 24 heavy (non-hydrogen) atoms. The van der Waals surface area contributed by atoms with Crippen molar-refractivity contribution >= 4 is 24.4 Å². The quantitative estimate of drug-likeness (QED) is 0.381. The average Bonchev–Trinajstić information content (AvgIpc) is 2.49. The number of Topliss-reactive ketones (excluding diaryl/α,β-unsaturated/α-hetero) is 1. The second-order valence-corrected chi connectivity index (χ2v) is 6.07. The second-order valence-electron chi connectivity index (χ2n) is 5.34. The van der Waals surface area contributed by atoms with E-state index in [2.05, 4.69) is 24.5 Å². The van der Waals surface area contributed by atoms with Crippen molar-refractivity contribution in [3.8, 4) is 23.3 Å². The highest BCUT2D eigenvalue weighted by molar-refractivity contribution is 7.81. The van der Waals surface area contributed by atoms with Crippen LogP contribution in [0.5, 0.6) is 11.5 Å². The first-order valence-electron chi connectivity index (χ1n) is 7.70. The van der Waals surface area contributed by atoms with E-state index in [0.29, 0.717) is 24.2 Å². The van der Waals surface area contributed by atoms with E-state index in [9.17, 15) is 14.7 Å². The summed E-state index contributed by atoms with van der Waals surface area (Å²) in [5, 5.41) is 18.5. The molecule has 1 unspecified atom stereocenters. The number of hydrogen-bond acceptors (Lipinski definition) is 5. The van der Waals surface area contributed by atoms with E-state index in [1.54, 1.807) is 6.07 Å². The molecular weight excluding hydrogens is 328 g/mol. The second kappa shape index (κ2) is 9.89. The number of ketones is 1. The van der Waals surface area contributed by atoms with Gasteiger partial charge in [0.05, 0.1) is 12.0 Å². The Morgan fingerprint density at radius 1 is 1.33 bits per heavy atom. The molecule has 0 heterocycles. The van der Waals surface area contributed by atoms with Gasteiger partial charge in [-0.05, 0) is 25.5 Å². The molecule has 1 aromatic carbocycles. The van der Waals surface area contributed by atoms with Gasteiger partial charge in [-0.25, -0.2) is 0 Å². The highest BCUT2D eigenvalue weighted by Gasteiger charge is 2.15. The van der Waals surface area contributed by atoms with E-state index in [1.807, 2.05) is 6.92 Å². The van der Waals surface area contributed by atoms with Gasteiger partial charge in [0.2, 0.25) is 0 Å². The fourth-order valence-corrected chi connectivity index (χ4v) is 2.40. The summed E-state index contributed by atoms with van der Waals surface area (Å²) >= 11 is 4.14. The highest BCUT2D eigenvalue weighted by atomic mass is 32.1. The number of ether oxygens (including phenoxy) is 1. The maximum Gasteiger partial charge on any atom is 0.304 e. The number of carbonyl (C=O) groups excluding carboxylic acids is 1. The Bertz CT molecular complexity index is 657. The van der Waals surface area contributed by atoms with Crippen molar-refractivity contribution < 1.29 is 24.5 Å². The predicted molar refractivity (Wildman–Crippen MR) is 95.0 cm³/mol. The van der Waals surface area contributed by atoms with Crippen LogP contribution in [0.1, 0.15) is 49.0 Å². The van der Waals surface area contributed by atoms with E-state index >= 15 is 0 Å². The molecule has 1 rings (SSSR count). The van der Waals surface area contributed by atoms with Gasteiger partial charge < -0.3 is 14.9 Å². The lowest BCUT2D eigenvalue weighted by Crippen LogP contribution is -2.06. The molecule has 5 nitrogen and oxygen atoms in total. The van der Waals surface area contributed by atoms with Crippen LogP contribution in [0, 0.1) is 11.8 Å². The van der Waals surface area contributed by atoms with Gasteiger partial charge in [-0.2, -0.15) is 12.6 Å². The molecule has 0 spiro atoms. The van der Waals surface area contributed by atoms with Crippen molar-refractivity contribution in [3.05, 3.63) is 23.3 Å². The standard InChI is InChI=1S/C18H22O5S/c1-3-6-15-16(9-8-14(12(2)19)18(15)22)23-10-5-4-7-13(24)11-17(20)21/h8-9,13,22,24H,3,6-7,10-11H2,1-2H3,(H,20,21). The van der Waals surface area contributed by atoms with Crippen LogP contribution in [0.2, 0.25) is 0 Å².